The average molecular weight is 371 g/mol. The fraction of sp³-hybridized carbons (Fsp3) is 0.353. The molecular weight excluding hydrogens is 354 g/mol. The summed E-state index contributed by atoms with van der Waals surface area (Å²) >= 11 is 11.8. The van der Waals surface area contributed by atoms with Crippen LogP contribution in [0.1, 0.15) is 48.7 Å². The van der Waals surface area contributed by atoms with Crippen molar-refractivity contribution in [1.29, 1.82) is 0 Å². The fourth-order valence-corrected chi connectivity index (χ4v) is 3.53. The minimum absolute atomic E-state index is 0.0462. The number of urea groups is 1. The van der Waals surface area contributed by atoms with Gasteiger partial charge in [0.25, 0.3) is 0 Å². The molecule has 0 spiro atoms. The molecule has 0 bridgehead atoms. The summed E-state index contributed by atoms with van der Waals surface area (Å²) in [6, 6.07) is 3.57. The Morgan fingerprint density at radius 3 is 2.96 bits per heavy atom. The molecule has 0 aliphatic heterocycles. The summed E-state index contributed by atoms with van der Waals surface area (Å²) in [4.78, 5) is 12.3. The number of halogens is 3. The molecule has 3 rings (SSSR count). The molecule has 1 aliphatic carbocycles. The van der Waals surface area contributed by atoms with Crippen LogP contribution in [0.2, 0.25) is 10.0 Å². The van der Waals surface area contributed by atoms with Gasteiger partial charge in [-0.05, 0) is 43.5 Å². The van der Waals surface area contributed by atoms with E-state index in [0.29, 0.717) is 10.6 Å². The topological polar surface area (TPSA) is 54.3 Å². The molecule has 2 atom stereocenters. The second-order valence-corrected chi connectivity index (χ2v) is 6.69. The van der Waals surface area contributed by atoms with E-state index in [-0.39, 0.29) is 17.1 Å². The Balaban J connectivity index is 1.67. The molecule has 24 heavy (non-hydrogen) atoms. The number of fused-ring (bicyclic) bond motifs is 1. The Kier molecular flexibility index (Phi) is 5.01. The Labute approximate surface area is 149 Å². The highest BCUT2D eigenvalue weighted by Gasteiger charge is 2.25. The van der Waals surface area contributed by atoms with E-state index < -0.39 is 11.9 Å². The number of hydrogen-bond acceptors (Lipinski definition) is 2. The van der Waals surface area contributed by atoms with Crippen molar-refractivity contribution in [3.63, 3.8) is 0 Å². The molecule has 7 heteroatoms. The Bertz CT molecular complexity index is 763. The van der Waals surface area contributed by atoms with Gasteiger partial charge in [-0.2, -0.15) is 0 Å². The normalized spacial score (nSPS) is 17.9. The van der Waals surface area contributed by atoms with Crippen LogP contribution < -0.4 is 10.6 Å². The summed E-state index contributed by atoms with van der Waals surface area (Å²) in [6.45, 7) is 1.73. The standard InChI is InChI=1S/C17H17Cl2FN2O2/c1-9(11-7-14(20)13(19)8-12(11)18)21-17(23)22-15-3-2-4-16-10(15)5-6-24-16/h5-9,15H,2-4H2,1H3,(H2,21,22,23). The van der Waals surface area contributed by atoms with Gasteiger partial charge < -0.3 is 15.1 Å². The number of amides is 2. The third-order valence-electron chi connectivity index (χ3n) is 4.21. The van der Waals surface area contributed by atoms with E-state index in [1.807, 2.05) is 6.07 Å². The van der Waals surface area contributed by atoms with Crippen LogP contribution in [0.25, 0.3) is 0 Å². The maximum absolute atomic E-state index is 13.6. The van der Waals surface area contributed by atoms with Crippen molar-refractivity contribution in [2.45, 2.75) is 38.3 Å². The molecule has 128 valence electrons. The van der Waals surface area contributed by atoms with Gasteiger partial charge in [0.2, 0.25) is 0 Å². The summed E-state index contributed by atoms with van der Waals surface area (Å²) in [5.74, 6) is 0.350. The molecule has 0 fully saturated rings. The lowest BCUT2D eigenvalue weighted by Crippen LogP contribution is -2.40. The van der Waals surface area contributed by atoms with Crippen LogP contribution in [0, 0.1) is 5.82 Å². The first-order chi connectivity index (χ1) is 11.5. The molecule has 2 unspecified atom stereocenters. The van der Waals surface area contributed by atoms with E-state index in [1.54, 1.807) is 13.2 Å². The number of benzene rings is 1. The number of carbonyl (C=O) groups is 1. The van der Waals surface area contributed by atoms with Gasteiger partial charge in [-0.15, -0.1) is 0 Å². The third kappa shape index (κ3) is 3.52. The Morgan fingerprint density at radius 2 is 2.17 bits per heavy atom. The lowest BCUT2D eigenvalue weighted by molar-refractivity contribution is 0.232. The van der Waals surface area contributed by atoms with Crippen LogP contribution in [0.3, 0.4) is 0 Å². The molecule has 2 aromatic rings. The smallest absolute Gasteiger partial charge is 0.315 e. The first kappa shape index (κ1) is 17.1. The number of nitrogens with one attached hydrogen (secondary N) is 2. The quantitative estimate of drug-likeness (QED) is 0.732. The lowest BCUT2D eigenvalue weighted by Gasteiger charge is -2.24. The molecule has 0 radical (unpaired) electrons. The van der Waals surface area contributed by atoms with Crippen molar-refractivity contribution in [3.8, 4) is 0 Å². The SMILES string of the molecule is CC(NC(=O)NC1CCCc2occc21)c1cc(F)c(Cl)cc1Cl. The summed E-state index contributed by atoms with van der Waals surface area (Å²) in [6.07, 6.45) is 4.33. The van der Waals surface area contributed by atoms with Gasteiger partial charge in [0, 0.05) is 17.0 Å². The van der Waals surface area contributed by atoms with Crippen LogP contribution in [0.15, 0.2) is 28.9 Å². The number of hydrogen-bond donors (Lipinski definition) is 2. The number of aryl methyl sites for hydroxylation is 1. The van der Waals surface area contributed by atoms with E-state index in [1.165, 1.54) is 12.1 Å². The largest absolute Gasteiger partial charge is 0.469 e. The zero-order valence-electron chi connectivity index (χ0n) is 13.0. The molecule has 4 nitrogen and oxygen atoms in total. The van der Waals surface area contributed by atoms with Crippen molar-refractivity contribution in [3.05, 3.63) is 57.2 Å². The van der Waals surface area contributed by atoms with Gasteiger partial charge in [-0.3, -0.25) is 0 Å². The molecule has 1 aromatic heterocycles. The van der Waals surface area contributed by atoms with Crippen molar-refractivity contribution < 1.29 is 13.6 Å². The molecular formula is C17H17Cl2FN2O2. The summed E-state index contributed by atoms with van der Waals surface area (Å²) < 4.78 is 19.0. The predicted molar refractivity (Wildman–Crippen MR) is 90.9 cm³/mol. The molecule has 2 N–H and O–H groups in total. The van der Waals surface area contributed by atoms with Crippen LogP contribution in [-0.4, -0.2) is 6.03 Å². The zero-order chi connectivity index (χ0) is 17.3. The summed E-state index contributed by atoms with van der Waals surface area (Å²) in [7, 11) is 0. The first-order valence-corrected chi connectivity index (χ1v) is 8.49. The van der Waals surface area contributed by atoms with Crippen LogP contribution in [0.4, 0.5) is 9.18 Å². The van der Waals surface area contributed by atoms with Crippen molar-refractivity contribution in [2.75, 3.05) is 0 Å². The van der Waals surface area contributed by atoms with Gasteiger partial charge in [0.1, 0.15) is 11.6 Å². The molecule has 0 saturated heterocycles. The molecule has 2 amide bonds. The van der Waals surface area contributed by atoms with Gasteiger partial charge >= 0.3 is 6.03 Å². The van der Waals surface area contributed by atoms with Crippen molar-refractivity contribution >= 4 is 29.2 Å². The van der Waals surface area contributed by atoms with Gasteiger partial charge in [0.05, 0.1) is 23.4 Å². The van der Waals surface area contributed by atoms with E-state index in [9.17, 15) is 9.18 Å². The Hall–Kier alpha value is -1.72. The average Bonchev–Trinajstić information content (AvgIpc) is 3.00. The maximum atomic E-state index is 13.6. The minimum atomic E-state index is -0.569. The number of rotatable bonds is 3. The monoisotopic (exact) mass is 370 g/mol. The molecule has 1 aromatic carbocycles. The molecule has 0 saturated carbocycles. The van der Waals surface area contributed by atoms with E-state index >= 15 is 0 Å². The van der Waals surface area contributed by atoms with E-state index in [0.717, 1.165) is 30.6 Å². The van der Waals surface area contributed by atoms with E-state index in [2.05, 4.69) is 10.6 Å². The highest BCUT2D eigenvalue weighted by atomic mass is 35.5. The number of furan rings is 1. The Morgan fingerprint density at radius 1 is 1.38 bits per heavy atom. The zero-order valence-corrected chi connectivity index (χ0v) is 14.5. The van der Waals surface area contributed by atoms with Crippen LogP contribution in [0.5, 0.6) is 0 Å². The van der Waals surface area contributed by atoms with Crippen molar-refractivity contribution in [1.82, 2.24) is 10.6 Å². The van der Waals surface area contributed by atoms with Gasteiger partial charge in [-0.25, -0.2) is 9.18 Å². The molecule has 1 heterocycles. The third-order valence-corrected chi connectivity index (χ3v) is 4.83. The highest BCUT2D eigenvalue weighted by Crippen LogP contribution is 2.31. The van der Waals surface area contributed by atoms with Crippen LogP contribution in [-0.2, 0) is 6.42 Å². The van der Waals surface area contributed by atoms with Gasteiger partial charge in [-0.1, -0.05) is 23.2 Å². The minimum Gasteiger partial charge on any atom is -0.469 e. The van der Waals surface area contributed by atoms with Crippen LogP contribution >= 0.6 is 23.2 Å². The second-order valence-electron chi connectivity index (χ2n) is 5.87. The highest BCUT2D eigenvalue weighted by molar-refractivity contribution is 6.35. The second kappa shape index (κ2) is 7.03. The summed E-state index contributed by atoms with van der Waals surface area (Å²) in [5.41, 5.74) is 1.49. The first-order valence-electron chi connectivity index (χ1n) is 7.73. The maximum Gasteiger partial charge on any atom is 0.315 e. The lowest BCUT2D eigenvalue weighted by atomic mass is 9.93. The number of carbonyl (C=O) groups excluding carboxylic acids is 1. The van der Waals surface area contributed by atoms with Crippen molar-refractivity contribution in [2.24, 2.45) is 0 Å². The predicted octanol–water partition coefficient (Wildman–Crippen LogP) is 5.16. The summed E-state index contributed by atoms with van der Waals surface area (Å²) in [5, 5.41) is 5.98. The van der Waals surface area contributed by atoms with Gasteiger partial charge in [0.15, 0.2) is 0 Å². The fourth-order valence-electron chi connectivity index (χ4n) is 2.98. The van der Waals surface area contributed by atoms with E-state index in [4.69, 9.17) is 27.6 Å². The molecule has 1 aliphatic rings.